The van der Waals surface area contributed by atoms with E-state index in [0.717, 1.165) is 24.9 Å². The van der Waals surface area contributed by atoms with Gasteiger partial charge in [-0.15, -0.1) is 24.0 Å². The Morgan fingerprint density at radius 2 is 2.04 bits per heavy atom. The molecule has 1 heterocycles. The first kappa shape index (κ1) is 19.7. The Bertz CT molecular complexity index is 604. The zero-order chi connectivity index (χ0) is 17.1. The lowest BCUT2D eigenvalue weighted by Gasteiger charge is -2.57. The summed E-state index contributed by atoms with van der Waals surface area (Å²) in [7, 11) is 1.84. The molecule has 1 aliphatic heterocycles. The van der Waals surface area contributed by atoms with Crippen molar-refractivity contribution in [3.63, 3.8) is 0 Å². The van der Waals surface area contributed by atoms with E-state index in [4.69, 9.17) is 9.47 Å². The summed E-state index contributed by atoms with van der Waals surface area (Å²) < 4.78 is 11.8. The van der Waals surface area contributed by atoms with Crippen molar-refractivity contribution >= 4 is 29.9 Å². The summed E-state index contributed by atoms with van der Waals surface area (Å²) in [6.07, 6.45) is 6.91. The van der Waals surface area contributed by atoms with E-state index in [-0.39, 0.29) is 24.0 Å². The van der Waals surface area contributed by atoms with Crippen LogP contribution < -0.4 is 15.4 Å². The van der Waals surface area contributed by atoms with Crippen molar-refractivity contribution in [3.05, 3.63) is 30.3 Å². The van der Waals surface area contributed by atoms with Crippen LogP contribution in [0.2, 0.25) is 0 Å². The lowest BCUT2D eigenvalue weighted by atomic mass is 9.54. The molecule has 6 heteroatoms. The fourth-order valence-electron chi connectivity index (χ4n) is 5.10. The number of fused-ring (bicyclic) bond motifs is 2. The maximum absolute atomic E-state index is 6.06. The molecule has 26 heavy (non-hydrogen) atoms. The van der Waals surface area contributed by atoms with Gasteiger partial charge in [0.15, 0.2) is 5.96 Å². The molecule has 3 fully saturated rings. The number of hydrogen-bond donors (Lipinski definition) is 2. The number of guanidine groups is 1. The number of hydrogen-bond acceptors (Lipinski definition) is 3. The molecule has 1 spiro atoms. The number of halogens is 1. The number of ether oxygens (including phenoxy) is 2. The zero-order valence-electron chi connectivity index (χ0n) is 15.4. The number of nitrogens with one attached hydrogen (secondary N) is 2. The van der Waals surface area contributed by atoms with Gasteiger partial charge in [-0.2, -0.15) is 0 Å². The quantitative estimate of drug-likeness (QED) is 0.300. The van der Waals surface area contributed by atoms with E-state index in [9.17, 15) is 0 Å². The van der Waals surface area contributed by atoms with Crippen LogP contribution in [0.25, 0.3) is 0 Å². The van der Waals surface area contributed by atoms with Crippen LogP contribution in [0, 0.1) is 11.3 Å². The van der Waals surface area contributed by atoms with E-state index < -0.39 is 0 Å². The zero-order valence-corrected chi connectivity index (χ0v) is 17.8. The van der Waals surface area contributed by atoms with Crippen molar-refractivity contribution in [3.8, 4) is 5.75 Å². The minimum Gasteiger partial charge on any atom is -0.492 e. The first-order valence-corrected chi connectivity index (χ1v) is 9.60. The normalized spacial score (nSPS) is 28.8. The highest BCUT2D eigenvalue weighted by Gasteiger charge is 2.65. The van der Waals surface area contributed by atoms with E-state index in [1.807, 2.05) is 37.4 Å². The van der Waals surface area contributed by atoms with Crippen molar-refractivity contribution < 1.29 is 9.47 Å². The molecule has 144 valence electrons. The molecule has 4 rings (SSSR count). The molecule has 2 aliphatic carbocycles. The van der Waals surface area contributed by atoms with Crippen LogP contribution in [0.3, 0.4) is 0 Å². The van der Waals surface area contributed by atoms with Gasteiger partial charge in [-0.3, -0.25) is 4.99 Å². The summed E-state index contributed by atoms with van der Waals surface area (Å²) in [5.74, 6) is 2.44. The molecule has 0 bridgehead atoms. The van der Waals surface area contributed by atoms with Gasteiger partial charge in [-0.1, -0.05) is 31.0 Å². The summed E-state index contributed by atoms with van der Waals surface area (Å²) in [4.78, 5) is 4.42. The Morgan fingerprint density at radius 3 is 2.77 bits per heavy atom. The monoisotopic (exact) mass is 471 g/mol. The van der Waals surface area contributed by atoms with Gasteiger partial charge in [-0.25, -0.2) is 0 Å². The average molecular weight is 471 g/mol. The van der Waals surface area contributed by atoms with Crippen LogP contribution in [0.1, 0.15) is 32.1 Å². The van der Waals surface area contributed by atoms with E-state index in [1.54, 1.807) is 0 Å². The van der Waals surface area contributed by atoms with Crippen LogP contribution in [-0.2, 0) is 4.74 Å². The molecule has 0 aromatic heterocycles. The number of rotatable bonds is 5. The first-order valence-electron chi connectivity index (χ1n) is 9.60. The maximum Gasteiger partial charge on any atom is 0.191 e. The topological polar surface area (TPSA) is 54.9 Å². The standard InChI is InChI=1S/C20H29N3O2.HI/c1-21-19(22-12-14-24-15-7-3-2-4-8-15)23-17-16-9-13-25-18(16)20(17)10-5-6-11-20;/h2-4,7-8,16-18H,5-6,9-14H2,1H3,(H2,21,22,23);1H. The predicted molar refractivity (Wildman–Crippen MR) is 114 cm³/mol. The summed E-state index contributed by atoms with van der Waals surface area (Å²) in [6.45, 7) is 2.28. The van der Waals surface area contributed by atoms with Gasteiger partial charge in [0.1, 0.15) is 12.4 Å². The molecule has 1 aromatic rings. The Morgan fingerprint density at radius 1 is 1.27 bits per heavy atom. The van der Waals surface area contributed by atoms with Gasteiger partial charge < -0.3 is 20.1 Å². The highest BCUT2D eigenvalue weighted by molar-refractivity contribution is 14.0. The molecule has 3 atom stereocenters. The smallest absolute Gasteiger partial charge is 0.191 e. The van der Waals surface area contributed by atoms with Crippen molar-refractivity contribution in [1.29, 1.82) is 0 Å². The Hall–Kier alpha value is -1.02. The summed E-state index contributed by atoms with van der Waals surface area (Å²) >= 11 is 0. The van der Waals surface area contributed by atoms with E-state index in [2.05, 4.69) is 15.6 Å². The summed E-state index contributed by atoms with van der Waals surface area (Å²) in [6, 6.07) is 10.4. The van der Waals surface area contributed by atoms with E-state index in [1.165, 1.54) is 32.1 Å². The highest BCUT2D eigenvalue weighted by Crippen LogP contribution is 2.60. The number of aliphatic imine (C=N–C) groups is 1. The molecule has 1 aromatic carbocycles. The van der Waals surface area contributed by atoms with Crippen molar-refractivity contribution in [2.24, 2.45) is 16.3 Å². The number of nitrogens with zero attached hydrogens (tertiary/aromatic N) is 1. The largest absolute Gasteiger partial charge is 0.492 e. The van der Waals surface area contributed by atoms with Crippen LogP contribution in [0.5, 0.6) is 5.75 Å². The van der Waals surface area contributed by atoms with E-state index in [0.29, 0.717) is 30.1 Å². The van der Waals surface area contributed by atoms with Gasteiger partial charge in [0.25, 0.3) is 0 Å². The molecule has 3 aliphatic rings. The van der Waals surface area contributed by atoms with Gasteiger partial charge >= 0.3 is 0 Å². The second-order valence-corrected chi connectivity index (χ2v) is 7.47. The molecular weight excluding hydrogens is 441 g/mol. The van der Waals surface area contributed by atoms with Crippen LogP contribution in [0.4, 0.5) is 0 Å². The molecule has 1 saturated heterocycles. The predicted octanol–water partition coefficient (Wildman–Crippen LogP) is 3.20. The fraction of sp³-hybridized carbons (Fsp3) is 0.650. The molecular formula is C20H30IN3O2. The van der Waals surface area contributed by atoms with Gasteiger partial charge in [0.05, 0.1) is 12.6 Å². The Kier molecular flexibility index (Phi) is 6.66. The van der Waals surface area contributed by atoms with Crippen LogP contribution in [0.15, 0.2) is 35.3 Å². The number of benzene rings is 1. The van der Waals surface area contributed by atoms with Crippen LogP contribution >= 0.6 is 24.0 Å². The molecule has 0 radical (unpaired) electrons. The number of para-hydroxylation sites is 1. The second kappa shape index (κ2) is 8.78. The SMILES string of the molecule is CN=C(NCCOc1ccccc1)NC1C2CCOC2C12CCCC2.I. The molecule has 5 nitrogen and oxygen atoms in total. The van der Waals surface area contributed by atoms with Gasteiger partial charge in [-0.05, 0) is 31.4 Å². The third kappa shape index (κ3) is 3.67. The summed E-state index contributed by atoms with van der Waals surface area (Å²) in [5, 5.41) is 7.11. The molecule has 2 N–H and O–H groups in total. The Labute approximate surface area is 173 Å². The van der Waals surface area contributed by atoms with Crippen molar-refractivity contribution in [1.82, 2.24) is 10.6 Å². The van der Waals surface area contributed by atoms with Gasteiger partial charge in [0, 0.05) is 31.0 Å². The minimum absolute atomic E-state index is 0. The minimum atomic E-state index is 0. The average Bonchev–Trinajstić information content (AvgIpc) is 3.31. The molecule has 3 unspecified atom stereocenters. The second-order valence-electron chi connectivity index (χ2n) is 7.47. The third-order valence-corrected chi connectivity index (χ3v) is 6.21. The maximum atomic E-state index is 6.06. The fourth-order valence-corrected chi connectivity index (χ4v) is 5.10. The third-order valence-electron chi connectivity index (χ3n) is 6.21. The lowest BCUT2D eigenvalue weighted by molar-refractivity contribution is -0.125. The van der Waals surface area contributed by atoms with Gasteiger partial charge in [0.2, 0.25) is 0 Å². The highest BCUT2D eigenvalue weighted by atomic mass is 127. The molecule has 2 saturated carbocycles. The Balaban J connectivity index is 0.00000196. The van der Waals surface area contributed by atoms with E-state index >= 15 is 0 Å². The van der Waals surface area contributed by atoms with Crippen molar-refractivity contribution in [2.45, 2.75) is 44.2 Å². The van der Waals surface area contributed by atoms with Crippen LogP contribution in [-0.4, -0.2) is 44.9 Å². The first-order chi connectivity index (χ1) is 12.3. The molecule has 0 amide bonds. The summed E-state index contributed by atoms with van der Waals surface area (Å²) in [5.41, 5.74) is 0.347. The van der Waals surface area contributed by atoms with Crippen molar-refractivity contribution in [2.75, 3.05) is 26.8 Å². The lowest BCUT2D eigenvalue weighted by Crippen LogP contribution is -2.69.